The fourth-order valence-electron chi connectivity index (χ4n) is 4.60. The van der Waals surface area contributed by atoms with Crippen molar-refractivity contribution >= 4 is 40.4 Å². The van der Waals surface area contributed by atoms with Gasteiger partial charge in [-0.25, -0.2) is 9.79 Å². The summed E-state index contributed by atoms with van der Waals surface area (Å²) in [5.74, 6) is -0.375. The van der Waals surface area contributed by atoms with Gasteiger partial charge in [0.2, 0.25) is 5.91 Å². The molecule has 1 aromatic carbocycles. The lowest BCUT2D eigenvalue weighted by atomic mass is 9.94. The van der Waals surface area contributed by atoms with E-state index in [-0.39, 0.29) is 18.4 Å². The van der Waals surface area contributed by atoms with Gasteiger partial charge in [-0.05, 0) is 63.0 Å². The molecule has 0 radical (unpaired) electrons. The molecule has 4 rings (SSSR count). The predicted molar refractivity (Wildman–Crippen MR) is 132 cm³/mol. The summed E-state index contributed by atoms with van der Waals surface area (Å²) >= 11 is 7.77. The Labute approximate surface area is 204 Å². The van der Waals surface area contributed by atoms with Crippen LogP contribution in [0.5, 0.6) is 0 Å². The maximum atomic E-state index is 13.3. The van der Waals surface area contributed by atoms with E-state index < -0.39 is 12.0 Å². The van der Waals surface area contributed by atoms with Crippen LogP contribution in [0.1, 0.15) is 37.8 Å². The van der Waals surface area contributed by atoms with Crippen LogP contribution >= 0.6 is 23.4 Å². The number of carbonyl (C=O) groups is 2. The van der Waals surface area contributed by atoms with Crippen LogP contribution in [0.2, 0.25) is 5.02 Å². The molecule has 0 spiro atoms. The maximum Gasteiger partial charge on any atom is 0.338 e. The highest BCUT2D eigenvalue weighted by molar-refractivity contribution is 8.16. The largest absolute Gasteiger partial charge is 0.466 e. The summed E-state index contributed by atoms with van der Waals surface area (Å²) in [5, 5.41) is 3.29. The Hall–Kier alpha value is -2.29. The average Bonchev–Trinajstić information content (AvgIpc) is 3.19. The van der Waals surface area contributed by atoms with Crippen LogP contribution in [0.3, 0.4) is 0 Å². The quantitative estimate of drug-likeness (QED) is 0.583. The second-order valence-electron chi connectivity index (χ2n) is 8.66. The van der Waals surface area contributed by atoms with E-state index >= 15 is 0 Å². The van der Waals surface area contributed by atoms with Gasteiger partial charge in [-0.2, -0.15) is 0 Å². The van der Waals surface area contributed by atoms with Crippen LogP contribution in [0, 0.1) is 0 Å². The van der Waals surface area contributed by atoms with Crippen molar-refractivity contribution in [1.82, 2.24) is 14.7 Å². The number of benzene rings is 1. The van der Waals surface area contributed by atoms with Crippen LogP contribution < -0.4 is 0 Å². The summed E-state index contributed by atoms with van der Waals surface area (Å²) in [6.45, 7) is 3.80. The van der Waals surface area contributed by atoms with Crippen molar-refractivity contribution in [3.05, 3.63) is 57.2 Å². The molecule has 0 bridgehead atoms. The number of hydrogen-bond donors (Lipinski definition) is 0. The Kier molecular flexibility index (Phi) is 7.16. The van der Waals surface area contributed by atoms with Crippen LogP contribution in [0.15, 0.2) is 51.6 Å². The van der Waals surface area contributed by atoms with E-state index in [1.165, 1.54) is 18.9 Å². The lowest BCUT2D eigenvalue weighted by Crippen LogP contribution is -2.45. The maximum absolute atomic E-state index is 13.3. The van der Waals surface area contributed by atoms with Gasteiger partial charge in [-0.3, -0.25) is 4.79 Å². The number of amidine groups is 1. The zero-order valence-electron chi connectivity index (χ0n) is 19.4. The number of ether oxygens (including phenoxy) is 1. The highest BCUT2D eigenvalue weighted by atomic mass is 35.5. The summed E-state index contributed by atoms with van der Waals surface area (Å²) in [6, 6.07) is 7.22. The topological polar surface area (TPSA) is 65.5 Å². The van der Waals surface area contributed by atoms with E-state index in [9.17, 15) is 9.59 Å². The highest BCUT2D eigenvalue weighted by Gasteiger charge is 2.41. The number of halogens is 1. The first-order valence-electron chi connectivity index (χ1n) is 11.0. The minimum Gasteiger partial charge on any atom is -0.466 e. The fraction of sp³-hybridized carbons (Fsp3) is 0.458. The van der Waals surface area contributed by atoms with E-state index in [1.807, 2.05) is 47.4 Å². The van der Waals surface area contributed by atoms with Crippen LogP contribution in [-0.2, 0) is 14.3 Å². The molecule has 33 heavy (non-hydrogen) atoms. The number of piperidine rings is 1. The third kappa shape index (κ3) is 4.83. The Morgan fingerprint density at radius 1 is 1.30 bits per heavy atom. The van der Waals surface area contributed by atoms with Gasteiger partial charge in [0.05, 0.1) is 30.8 Å². The molecule has 1 saturated heterocycles. The van der Waals surface area contributed by atoms with Gasteiger partial charge < -0.3 is 19.4 Å². The molecule has 0 N–H and O–H groups in total. The number of likely N-dealkylation sites (tertiary alicyclic amines) is 1. The molecule has 1 unspecified atom stereocenters. The summed E-state index contributed by atoms with van der Waals surface area (Å²) in [6.07, 6.45) is 2.18. The molecule has 7 nitrogen and oxygen atoms in total. The van der Waals surface area contributed by atoms with Crippen molar-refractivity contribution in [1.29, 1.82) is 0 Å². The van der Waals surface area contributed by atoms with Crippen molar-refractivity contribution in [2.45, 2.75) is 38.3 Å². The normalized spacial score (nSPS) is 21.5. The Morgan fingerprint density at radius 2 is 2.03 bits per heavy atom. The third-order valence-corrected chi connectivity index (χ3v) is 7.66. The SMILES string of the molecule is COC(=O)C1=C(C)N=C2SC=C(CC(=O)N(C)C3CCN(C)CC3)N2C1c1cccc(Cl)c1. The van der Waals surface area contributed by atoms with Crippen molar-refractivity contribution < 1.29 is 14.3 Å². The molecular formula is C24H29ClN4O3S. The van der Waals surface area contributed by atoms with Gasteiger partial charge in [0.25, 0.3) is 0 Å². The van der Waals surface area contributed by atoms with Gasteiger partial charge >= 0.3 is 5.97 Å². The number of fused-ring (bicyclic) bond motifs is 1. The molecule has 0 aliphatic carbocycles. The second-order valence-corrected chi connectivity index (χ2v) is 9.93. The Balaban J connectivity index is 1.62. The predicted octanol–water partition coefficient (Wildman–Crippen LogP) is 4.03. The van der Waals surface area contributed by atoms with E-state index in [0.29, 0.717) is 16.3 Å². The number of carbonyl (C=O) groups excluding carboxylic acids is 2. The van der Waals surface area contributed by atoms with Crippen molar-refractivity contribution in [3.8, 4) is 0 Å². The van der Waals surface area contributed by atoms with Crippen LogP contribution in [0.25, 0.3) is 0 Å². The summed E-state index contributed by atoms with van der Waals surface area (Å²) in [4.78, 5) is 36.9. The molecule has 0 aromatic heterocycles. The molecule has 176 valence electrons. The zero-order chi connectivity index (χ0) is 23.7. The number of rotatable bonds is 5. The molecule has 1 amide bonds. The Bertz CT molecular complexity index is 1050. The monoisotopic (exact) mass is 488 g/mol. The average molecular weight is 489 g/mol. The molecule has 3 heterocycles. The zero-order valence-corrected chi connectivity index (χ0v) is 20.9. The molecule has 1 atom stereocenters. The van der Waals surface area contributed by atoms with Crippen molar-refractivity contribution in [2.75, 3.05) is 34.3 Å². The number of hydrogen-bond acceptors (Lipinski definition) is 7. The van der Waals surface area contributed by atoms with Gasteiger partial charge in [0.15, 0.2) is 5.17 Å². The number of methoxy groups -OCH3 is 1. The van der Waals surface area contributed by atoms with Crippen LogP contribution in [0.4, 0.5) is 0 Å². The lowest BCUT2D eigenvalue weighted by Gasteiger charge is -2.38. The third-order valence-electron chi connectivity index (χ3n) is 6.53. The van der Waals surface area contributed by atoms with Crippen LogP contribution in [-0.4, -0.2) is 72.1 Å². The molecule has 3 aliphatic rings. The minimum absolute atomic E-state index is 0.0633. The highest BCUT2D eigenvalue weighted by Crippen LogP contribution is 2.45. The van der Waals surface area contributed by atoms with Crippen molar-refractivity contribution in [2.24, 2.45) is 4.99 Å². The summed E-state index contributed by atoms with van der Waals surface area (Å²) in [7, 11) is 5.37. The number of allylic oxidation sites excluding steroid dienone is 1. The Morgan fingerprint density at radius 3 is 2.70 bits per heavy atom. The van der Waals surface area contributed by atoms with E-state index in [0.717, 1.165) is 42.4 Å². The first-order chi connectivity index (χ1) is 15.8. The van der Waals surface area contributed by atoms with E-state index in [1.54, 1.807) is 6.07 Å². The smallest absolute Gasteiger partial charge is 0.338 e. The molecule has 1 fully saturated rings. The second kappa shape index (κ2) is 9.91. The van der Waals surface area contributed by atoms with Crippen molar-refractivity contribution in [3.63, 3.8) is 0 Å². The van der Waals surface area contributed by atoms with Gasteiger partial charge in [-0.15, -0.1) is 0 Å². The first-order valence-corrected chi connectivity index (χ1v) is 12.3. The molecule has 1 aromatic rings. The molecule has 0 saturated carbocycles. The first kappa shape index (κ1) is 23.9. The number of amides is 1. The molecule has 9 heteroatoms. The number of thioether (sulfide) groups is 1. The number of aliphatic imine (C=N–C) groups is 1. The minimum atomic E-state index is -0.466. The molecule has 3 aliphatic heterocycles. The van der Waals surface area contributed by atoms with Gasteiger partial charge in [-0.1, -0.05) is 35.5 Å². The standard InChI is InChI=1S/C24H29ClN4O3S/c1-15-21(23(31)32-4)22(16-6-5-7-17(25)12-16)29-19(14-33-24(29)26-15)13-20(30)28(3)18-8-10-27(2)11-9-18/h5-7,12,14,18,22H,8-11,13H2,1-4H3. The van der Waals surface area contributed by atoms with Gasteiger partial charge in [0.1, 0.15) is 0 Å². The van der Waals surface area contributed by atoms with Gasteiger partial charge in [0, 0.05) is 23.8 Å². The summed E-state index contributed by atoms with van der Waals surface area (Å²) in [5.41, 5.74) is 2.73. The summed E-state index contributed by atoms with van der Waals surface area (Å²) < 4.78 is 5.10. The fourth-order valence-corrected chi connectivity index (χ4v) is 5.76. The van der Waals surface area contributed by atoms with E-state index in [2.05, 4.69) is 16.9 Å². The molecular weight excluding hydrogens is 460 g/mol. The number of esters is 1. The van der Waals surface area contributed by atoms with E-state index in [4.69, 9.17) is 16.3 Å². The lowest BCUT2D eigenvalue weighted by molar-refractivity contribution is -0.136. The number of nitrogens with zero attached hydrogens (tertiary/aromatic N) is 4.